The molecule has 0 aliphatic carbocycles. The fraction of sp³-hybridized carbons (Fsp3) is 0.310. The topological polar surface area (TPSA) is 64.2 Å². The molecule has 36 heavy (non-hydrogen) atoms. The molecule has 1 aliphatic heterocycles. The molecular formula is C29H30ClFN4O. The molecule has 0 spiro atoms. The van der Waals surface area contributed by atoms with E-state index in [0.29, 0.717) is 35.8 Å². The van der Waals surface area contributed by atoms with Crippen molar-refractivity contribution < 1.29 is 9.18 Å². The average Bonchev–Trinajstić information content (AvgIpc) is 3.27. The highest BCUT2D eigenvalue weighted by Gasteiger charge is 2.29. The number of nitrogens with two attached hydrogens (primary N) is 1. The van der Waals surface area contributed by atoms with E-state index in [1.165, 1.54) is 6.07 Å². The number of nitrogens with zero attached hydrogens (tertiary/aromatic N) is 3. The number of carbonyl (C=O) groups is 1. The number of amides is 1. The smallest absolute Gasteiger partial charge is 0.256 e. The SMILES string of the molecule is CCCn1cc(C(=O)N2CCC(c3cc(CN)ccc3F)CC2)c2c(-c3cncc(Cl)c3)cccc21. The molecule has 5 nitrogen and oxygen atoms in total. The molecule has 1 fully saturated rings. The van der Waals surface area contributed by atoms with Gasteiger partial charge in [-0.1, -0.05) is 42.8 Å². The van der Waals surface area contributed by atoms with E-state index in [0.717, 1.165) is 53.4 Å². The maximum Gasteiger partial charge on any atom is 0.256 e. The molecule has 2 aromatic carbocycles. The van der Waals surface area contributed by atoms with E-state index in [4.69, 9.17) is 17.3 Å². The largest absolute Gasteiger partial charge is 0.347 e. The Morgan fingerprint density at radius 2 is 1.97 bits per heavy atom. The molecule has 0 saturated carbocycles. The molecule has 2 aromatic heterocycles. The van der Waals surface area contributed by atoms with E-state index in [2.05, 4.69) is 22.5 Å². The predicted octanol–water partition coefficient (Wildman–Crippen LogP) is 6.38. The summed E-state index contributed by atoms with van der Waals surface area (Å²) in [6.45, 7) is 4.49. The minimum absolute atomic E-state index is 0.00641. The molecule has 0 bridgehead atoms. The minimum atomic E-state index is -0.195. The molecule has 5 rings (SSSR count). The lowest BCUT2D eigenvalue weighted by atomic mass is 9.88. The van der Waals surface area contributed by atoms with Crippen molar-refractivity contribution in [3.63, 3.8) is 0 Å². The Labute approximate surface area is 215 Å². The molecule has 1 amide bonds. The summed E-state index contributed by atoms with van der Waals surface area (Å²) in [6.07, 6.45) is 7.76. The molecular weight excluding hydrogens is 475 g/mol. The summed E-state index contributed by atoms with van der Waals surface area (Å²) in [5.74, 6) is -0.110. The third kappa shape index (κ3) is 4.63. The van der Waals surface area contributed by atoms with Gasteiger partial charge in [0.05, 0.1) is 10.6 Å². The molecule has 0 unspecified atom stereocenters. The predicted molar refractivity (Wildman–Crippen MR) is 143 cm³/mol. The van der Waals surface area contributed by atoms with Gasteiger partial charge >= 0.3 is 0 Å². The number of fused-ring (bicyclic) bond motifs is 1. The monoisotopic (exact) mass is 504 g/mol. The summed E-state index contributed by atoms with van der Waals surface area (Å²) in [5, 5.41) is 1.47. The zero-order chi connectivity index (χ0) is 25.2. The van der Waals surface area contributed by atoms with E-state index < -0.39 is 0 Å². The maximum absolute atomic E-state index is 14.6. The van der Waals surface area contributed by atoms with E-state index in [-0.39, 0.29) is 17.6 Å². The summed E-state index contributed by atoms with van der Waals surface area (Å²) in [4.78, 5) is 20.0. The summed E-state index contributed by atoms with van der Waals surface area (Å²) >= 11 is 6.24. The van der Waals surface area contributed by atoms with Crippen LogP contribution in [0.1, 0.15) is 53.6 Å². The highest BCUT2D eigenvalue weighted by atomic mass is 35.5. The van der Waals surface area contributed by atoms with Gasteiger partial charge in [-0.2, -0.15) is 0 Å². The Morgan fingerprint density at radius 3 is 2.69 bits per heavy atom. The molecule has 1 saturated heterocycles. The Morgan fingerprint density at radius 1 is 1.17 bits per heavy atom. The molecule has 4 aromatic rings. The van der Waals surface area contributed by atoms with Crippen molar-refractivity contribution in [2.45, 2.75) is 45.2 Å². The van der Waals surface area contributed by atoms with E-state index in [9.17, 15) is 9.18 Å². The lowest BCUT2D eigenvalue weighted by Crippen LogP contribution is -2.38. The number of piperidine rings is 1. The first kappa shape index (κ1) is 24.5. The fourth-order valence-corrected chi connectivity index (χ4v) is 5.51. The van der Waals surface area contributed by atoms with Gasteiger partial charge in [0.1, 0.15) is 5.82 Å². The summed E-state index contributed by atoms with van der Waals surface area (Å²) in [7, 11) is 0. The van der Waals surface area contributed by atoms with Gasteiger partial charge in [-0.05, 0) is 60.1 Å². The Kier molecular flexibility index (Phi) is 7.08. The number of aromatic nitrogens is 2. The molecule has 7 heteroatoms. The molecule has 0 atom stereocenters. The Bertz CT molecular complexity index is 1410. The van der Waals surface area contributed by atoms with Gasteiger partial charge in [0.2, 0.25) is 0 Å². The van der Waals surface area contributed by atoms with Crippen molar-refractivity contribution in [3.05, 3.63) is 88.6 Å². The van der Waals surface area contributed by atoms with Crippen molar-refractivity contribution in [1.29, 1.82) is 0 Å². The fourth-order valence-electron chi connectivity index (χ4n) is 5.34. The zero-order valence-corrected chi connectivity index (χ0v) is 21.1. The summed E-state index contributed by atoms with van der Waals surface area (Å²) in [5.41, 5.74) is 10.9. The highest BCUT2D eigenvalue weighted by molar-refractivity contribution is 6.30. The van der Waals surface area contributed by atoms with Crippen LogP contribution in [-0.2, 0) is 13.1 Å². The third-order valence-electron chi connectivity index (χ3n) is 7.14. The van der Waals surface area contributed by atoms with E-state index in [1.807, 2.05) is 35.4 Å². The van der Waals surface area contributed by atoms with Crippen molar-refractivity contribution in [2.24, 2.45) is 5.73 Å². The highest BCUT2D eigenvalue weighted by Crippen LogP contribution is 2.36. The first-order chi connectivity index (χ1) is 17.5. The van der Waals surface area contributed by atoms with Crippen molar-refractivity contribution >= 4 is 28.4 Å². The van der Waals surface area contributed by atoms with Crippen LogP contribution < -0.4 is 5.73 Å². The molecule has 1 aliphatic rings. The third-order valence-corrected chi connectivity index (χ3v) is 7.34. The number of rotatable bonds is 6. The summed E-state index contributed by atoms with van der Waals surface area (Å²) in [6, 6.07) is 13.1. The lowest BCUT2D eigenvalue weighted by Gasteiger charge is -2.32. The Balaban J connectivity index is 1.47. The van der Waals surface area contributed by atoms with E-state index in [1.54, 1.807) is 18.5 Å². The number of halogens is 2. The number of carbonyl (C=O) groups excluding carboxylic acids is 1. The first-order valence-electron chi connectivity index (χ1n) is 12.5. The molecule has 0 radical (unpaired) electrons. The Hall–Kier alpha value is -3.22. The first-order valence-corrected chi connectivity index (χ1v) is 12.9. The number of hydrogen-bond acceptors (Lipinski definition) is 3. The van der Waals surface area contributed by atoms with Crippen LogP contribution in [0.3, 0.4) is 0 Å². The summed E-state index contributed by atoms with van der Waals surface area (Å²) < 4.78 is 16.7. The van der Waals surface area contributed by atoms with Crippen LogP contribution in [0.4, 0.5) is 4.39 Å². The van der Waals surface area contributed by atoms with Crippen LogP contribution in [0.5, 0.6) is 0 Å². The van der Waals surface area contributed by atoms with Gasteiger partial charge in [0.15, 0.2) is 0 Å². The van der Waals surface area contributed by atoms with Gasteiger partial charge in [0, 0.05) is 61.2 Å². The second kappa shape index (κ2) is 10.4. The second-order valence-electron chi connectivity index (χ2n) is 9.45. The van der Waals surface area contributed by atoms with E-state index >= 15 is 0 Å². The number of aryl methyl sites for hydroxylation is 1. The zero-order valence-electron chi connectivity index (χ0n) is 20.4. The molecule has 3 heterocycles. The van der Waals surface area contributed by atoms with Gasteiger partial charge in [-0.3, -0.25) is 9.78 Å². The number of pyridine rings is 1. The van der Waals surface area contributed by atoms with Crippen LogP contribution in [0.25, 0.3) is 22.0 Å². The van der Waals surface area contributed by atoms with Crippen LogP contribution in [0, 0.1) is 5.82 Å². The normalized spacial score (nSPS) is 14.5. The minimum Gasteiger partial charge on any atom is -0.347 e. The van der Waals surface area contributed by atoms with Crippen LogP contribution in [0.2, 0.25) is 5.02 Å². The van der Waals surface area contributed by atoms with Gasteiger partial charge < -0.3 is 15.2 Å². The molecule has 2 N–H and O–H groups in total. The average molecular weight is 505 g/mol. The van der Waals surface area contributed by atoms with Crippen LogP contribution in [0.15, 0.2) is 61.1 Å². The van der Waals surface area contributed by atoms with Gasteiger partial charge in [-0.25, -0.2) is 4.39 Å². The number of likely N-dealkylation sites (tertiary alicyclic amines) is 1. The van der Waals surface area contributed by atoms with Crippen molar-refractivity contribution in [2.75, 3.05) is 13.1 Å². The second-order valence-corrected chi connectivity index (χ2v) is 9.89. The molecule has 186 valence electrons. The van der Waals surface area contributed by atoms with Crippen molar-refractivity contribution in [3.8, 4) is 11.1 Å². The number of hydrogen-bond donors (Lipinski definition) is 1. The van der Waals surface area contributed by atoms with Crippen molar-refractivity contribution in [1.82, 2.24) is 14.5 Å². The lowest BCUT2D eigenvalue weighted by molar-refractivity contribution is 0.0714. The number of benzene rings is 2. The maximum atomic E-state index is 14.6. The van der Waals surface area contributed by atoms with Crippen LogP contribution >= 0.6 is 11.6 Å². The van der Waals surface area contributed by atoms with Crippen LogP contribution in [-0.4, -0.2) is 33.4 Å². The quantitative estimate of drug-likeness (QED) is 0.331. The standard InChI is InChI=1S/C29H30ClFN4O/c1-2-10-35-18-25(28-23(4-3-5-27(28)35)21-14-22(30)17-33-16-21)29(36)34-11-8-20(9-12-34)24-13-19(15-32)6-7-26(24)31/h3-7,13-14,16-18,20H,2,8-12,15,32H2,1H3. The van der Waals surface area contributed by atoms with Gasteiger partial charge in [0.25, 0.3) is 5.91 Å². The van der Waals surface area contributed by atoms with Gasteiger partial charge in [-0.15, -0.1) is 0 Å².